The van der Waals surface area contributed by atoms with Crippen LogP contribution in [0.2, 0.25) is 0 Å². The van der Waals surface area contributed by atoms with Crippen LogP contribution in [-0.2, 0) is 10.3 Å². The number of nitrogens with two attached hydrogens (primary N) is 1. The average molecular weight is 378 g/mol. The van der Waals surface area contributed by atoms with Gasteiger partial charge in [-0.05, 0) is 36.2 Å². The van der Waals surface area contributed by atoms with Gasteiger partial charge < -0.3 is 10.5 Å². The number of ether oxygens (including phenoxy) is 1. The number of pyridine rings is 1. The van der Waals surface area contributed by atoms with Gasteiger partial charge in [0.25, 0.3) is 6.02 Å². The van der Waals surface area contributed by atoms with Crippen LogP contribution in [0.3, 0.4) is 0 Å². The summed E-state index contributed by atoms with van der Waals surface area (Å²) in [5.41, 5.74) is 5.14. The highest BCUT2D eigenvalue weighted by molar-refractivity contribution is 5.74. The van der Waals surface area contributed by atoms with E-state index >= 15 is 0 Å². The molecule has 0 fully saturated rings. The largest absolute Gasteiger partial charge is 0.452 e. The third-order valence-corrected chi connectivity index (χ3v) is 4.30. The molecule has 0 saturated heterocycles. The van der Waals surface area contributed by atoms with Gasteiger partial charge in [-0.2, -0.15) is 13.2 Å². The van der Waals surface area contributed by atoms with Crippen LogP contribution in [-0.4, -0.2) is 23.3 Å². The predicted molar refractivity (Wildman–Crippen MR) is 90.4 cm³/mol. The average Bonchev–Trinajstić information content (AvgIpc) is 2.60. The molecule has 140 valence electrons. The molecule has 1 aliphatic rings. The normalized spacial score (nSPS) is 22.5. The number of hydrogen-bond donors (Lipinski definition) is 1. The molecule has 1 aliphatic heterocycles. The van der Waals surface area contributed by atoms with E-state index in [1.807, 2.05) is 0 Å². The quantitative estimate of drug-likeness (QED) is 0.625. The molecule has 9 heteroatoms. The highest BCUT2D eigenvalue weighted by atomic mass is 19.4. The molecule has 0 spiro atoms. The molecule has 0 bridgehead atoms. The maximum Gasteiger partial charge on any atom is 0.425 e. The fourth-order valence-corrected chi connectivity index (χ4v) is 2.98. The number of nitrogens with zero attached hydrogens (tertiary/aromatic N) is 3. The second-order valence-corrected chi connectivity index (χ2v) is 6.31. The minimum absolute atomic E-state index is 0.0475. The first-order valence-electron chi connectivity index (χ1n) is 7.84. The molecule has 2 atom stereocenters. The molecule has 1 aromatic carbocycles. The minimum atomic E-state index is -4.66. The summed E-state index contributed by atoms with van der Waals surface area (Å²) in [5, 5.41) is 0. The van der Waals surface area contributed by atoms with E-state index in [0.717, 1.165) is 6.07 Å². The summed E-state index contributed by atoms with van der Waals surface area (Å²) < 4.78 is 58.5. The number of alkyl halides is 3. The van der Waals surface area contributed by atoms with Crippen LogP contribution in [0.15, 0.2) is 41.7 Å². The van der Waals surface area contributed by atoms with E-state index in [-0.39, 0.29) is 11.3 Å². The lowest BCUT2D eigenvalue weighted by Gasteiger charge is -2.36. The first-order chi connectivity index (χ1) is 12.6. The van der Waals surface area contributed by atoms with Gasteiger partial charge in [-0.25, -0.2) is 14.2 Å². The zero-order chi connectivity index (χ0) is 19.8. The van der Waals surface area contributed by atoms with Crippen molar-refractivity contribution < 1.29 is 22.3 Å². The Kier molecular flexibility index (Phi) is 4.51. The first-order valence-corrected chi connectivity index (χ1v) is 7.84. The summed E-state index contributed by atoms with van der Waals surface area (Å²) in [5.74, 6) is -0.713. The van der Waals surface area contributed by atoms with Crippen molar-refractivity contribution in [1.82, 2.24) is 4.98 Å². The standard InChI is InChI=1S/C18H14F4N4O/c1-17(7-15(18(20,21)22)27-16(23)26-17)13-6-10(3-4-14(13)19)11-5-12(24-2)9-25-8-11/h3-6,8-9,15H,7H2,1H3,(H2,23,26)/t15-,17-/m0/s1. The molecule has 0 radical (unpaired) electrons. The van der Waals surface area contributed by atoms with Crippen molar-refractivity contribution in [1.29, 1.82) is 0 Å². The lowest BCUT2D eigenvalue weighted by molar-refractivity contribution is -0.208. The zero-order valence-corrected chi connectivity index (χ0v) is 14.1. The Labute approximate surface area is 152 Å². The van der Waals surface area contributed by atoms with Gasteiger partial charge in [0.05, 0.1) is 12.1 Å². The van der Waals surface area contributed by atoms with Gasteiger partial charge in [0.15, 0.2) is 6.10 Å². The van der Waals surface area contributed by atoms with E-state index in [1.54, 1.807) is 6.07 Å². The molecule has 3 rings (SSSR count). The van der Waals surface area contributed by atoms with Crippen LogP contribution in [0, 0.1) is 12.4 Å². The molecule has 2 heterocycles. The van der Waals surface area contributed by atoms with Crippen LogP contribution in [0.5, 0.6) is 0 Å². The van der Waals surface area contributed by atoms with Gasteiger partial charge in [-0.3, -0.25) is 4.98 Å². The SMILES string of the molecule is [C-]#[N+]c1cncc(-c2ccc(F)c([C@]3(C)C[C@@H](C(F)(F)F)OC(N)=N3)c2)c1. The van der Waals surface area contributed by atoms with Gasteiger partial charge in [0.2, 0.25) is 5.69 Å². The minimum Gasteiger partial charge on any atom is -0.452 e. The summed E-state index contributed by atoms with van der Waals surface area (Å²) in [7, 11) is 0. The van der Waals surface area contributed by atoms with Crippen LogP contribution >= 0.6 is 0 Å². The van der Waals surface area contributed by atoms with E-state index in [9.17, 15) is 17.6 Å². The van der Waals surface area contributed by atoms with Crippen LogP contribution in [0.1, 0.15) is 18.9 Å². The molecular weight excluding hydrogens is 364 g/mol. The molecular formula is C18H14F4N4O. The molecule has 2 N–H and O–H groups in total. The Balaban J connectivity index is 2.08. The van der Waals surface area contributed by atoms with E-state index in [0.29, 0.717) is 11.1 Å². The topological polar surface area (TPSA) is 64.9 Å². The number of benzene rings is 1. The van der Waals surface area contributed by atoms with Gasteiger partial charge in [0, 0.05) is 24.4 Å². The molecule has 0 aliphatic carbocycles. The predicted octanol–water partition coefficient (Wildman–Crippen LogP) is 4.32. The number of aliphatic imine (C=N–C) groups is 1. The van der Waals surface area contributed by atoms with Crippen molar-refractivity contribution >= 4 is 11.7 Å². The van der Waals surface area contributed by atoms with Crippen molar-refractivity contribution in [3.05, 3.63) is 59.5 Å². The lowest BCUT2D eigenvalue weighted by Crippen LogP contribution is -2.46. The van der Waals surface area contributed by atoms with E-state index in [2.05, 4.69) is 19.6 Å². The third-order valence-electron chi connectivity index (χ3n) is 4.30. The Morgan fingerprint density at radius 1 is 1.26 bits per heavy atom. The fraction of sp³-hybridized carbons (Fsp3) is 0.278. The Morgan fingerprint density at radius 3 is 2.67 bits per heavy atom. The highest BCUT2D eigenvalue weighted by Gasteiger charge is 2.50. The first kappa shape index (κ1) is 18.6. The smallest absolute Gasteiger partial charge is 0.425 e. The zero-order valence-electron chi connectivity index (χ0n) is 14.1. The number of aromatic nitrogens is 1. The van der Waals surface area contributed by atoms with Crippen molar-refractivity contribution in [3.63, 3.8) is 0 Å². The second kappa shape index (κ2) is 6.54. The molecule has 0 saturated carbocycles. The monoisotopic (exact) mass is 378 g/mol. The number of halogens is 4. The van der Waals surface area contributed by atoms with Gasteiger partial charge >= 0.3 is 6.18 Å². The fourth-order valence-electron chi connectivity index (χ4n) is 2.98. The summed E-state index contributed by atoms with van der Waals surface area (Å²) in [6.07, 6.45) is -4.61. The summed E-state index contributed by atoms with van der Waals surface area (Å²) in [6, 6.07) is 4.91. The van der Waals surface area contributed by atoms with Gasteiger partial charge in [-0.15, -0.1) is 0 Å². The summed E-state index contributed by atoms with van der Waals surface area (Å²) in [6.45, 7) is 8.42. The van der Waals surface area contributed by atoms with Crippen molar-refractivity contribution in [2.45, 2.75) is 31.2 Å². The number of hydrogen-bond acceptors (Lipinski definition) is 4. The number of rotatable bonds is 2. The van der Waals surface area contributed by atoms with Crippen LogP contribution in [0.4, 0.5) is 23.2 Å². The lowest BCUT2D eigenvalue weighted by atomic mass is 9.84. The van der Waals surface area contributed by atoms with E-state index in [1.165, 1.54) is 31.5 Å². The second-order valence-electron chi connectivity index (χ2n) is 6.31. The summed E-state index contributed by atoms with van der Waals surface area (Å²) >= 11 is 0. The maximum atomic E-state index is 14.5. The highest BCUT2D eigenvalue weighted by Crippen LogP contribution is 2.41. The molecule has 5 nitrogen and oxygen atoms in total. The summed E-state index contributed by atoms with van der Waals surface area (Å²) in [4.78, 5) is 11.2. The molecule has 1 aromatic heterocycles. The molecule has 0 amide bonds. The van der Waals surface area contributed by atoms with E-state index in [4.69, 9.17) is 12.3 Å². The molecule has 27 heavy (non-hydrogen) atoms. The van der Waals surface area contributed by atoms with Crippen LogP contribution in [0.25, 0.3) is 16.0 Å². The molecule has 2 aromatic rings. The van der Waals surface area contributed by atoms with Crippen molar-refractivity contribution in [2.24, 2.45) is 10.7 Å². The molecule has 0 unspecified atom stereocenters. The Bertz CT molecular complexity index is 951. The van der Waals surface area contributed by atoms with E-state index < -0.39 is 36.1 Å². The number of amidine groups is 1. The van der Waals surface area contributed by atoms with Gasteiger partial charge in [-0.1, -0.05) is 6.07 Å². The van der Waals surface area contributed by atoms with Crippen LogP contribution < -0.4 is 5.73 Å². The van der Waals surface area contributed by atoms with Crippen molar-refractivity contribution in [2.75, 3.05) is 0 Å². The van der Waals surface area contributed by atoms with Gasteiger partial charge in [0.1, 0.15) is 5.82 Å². The maximum absolute atomic E-state index is 14.5. The third kappa shape index (κ3) is 3.69. The van der Waals surface area contributed by atoms with Crippen molar-refractivity contribution in [3.8, 4) is 11.1 Å². The Morgan fingerprint density at radius 2 is 2.00 bits per heavy atom. The Hall–Kier alpha value is -3.15.